The summed E-state index contributed by atoms with van der Waals surface area (Å²) in [7, 11) is 0. The second kappa shape index (κ2) is 6.55. The summed E-state index contributed by atoms with van der Waals surface area (Å²) in [6.07, 6.45) is 0.631. The number of aliphatic carboxylic acids is 1. The number of carboxylic acids is 1. The van der Waals surface area contributed by atoms with E-state index in [1.807, 2.05) is 60.7 Å². The molecular formula is C18H20O3. The van der Waals surface area contributed by atoms with Crippen molar-refractivity contribution in [3.63, 3.8) is 0 Å². The lowest BCUT2D eigenvalue weighted by molar-refractivity contribution is -0.150. The summed E-state index contributed by atoms with van der Waals surface area (Å²) in [5.41, 5.74) is 0.558. The molecule has 21 heavy (non-hydrogen) atoms. The van der Waals surface area contributed by atoms with Gasteiger partial charge in [-0.2, -0.15) is 0 Å². The van der Waals surface area contributed by atoms with Crippen molar-refractivity contribution in [3.05, 3.63) is 71.8 Å². The fraction of sp³-hybridized carbons (Fsp3) is 0.278. The molecule has 2 N–H and O–H groups in total. The summed E-state index contributed by atoms with van der Waals surface area (Å²) in [4.78, 5) is 11.4. The van der Waals surface area contributed by atoms with E-state index in [2.05, 4.69) is 0 Å². The highest BCUT2D eigenvalue weighted by molar-refractivity contribution is 5.71. The van der Waals surface area contributed by atoms with Crippen LogP contribution in [0.5, 0.6) is 0 Å². The molecule has 0 aromatic heterocycles. The fourth-order valence-electron chi connectivity index (χ4n) is 2.50. The first-order chi connectivity index (χ1) is 10.0. The lowest BCUT2D eigenvalue weighted by atomic mass is 9.78. The van der Waals surface area contributed by atoms with E-state index in [-0.39, 0.29) is 0 Å². The van der Waals surface area contributed by atoms with Crippen molar-refractivity contribution in [2.45, 2.75) is 25.4 Å². The molecule has 0 bridgehead atoms. The van der Waals surface area contributed by atoms with Crippen molar-refractivity contribution in [2.75, 3.05) is 0 Å². The van der Waals surface area contributed by atoms with Gasteiger partial charge in [0, 0.05) is 12.8 Å². The van der Waals surface area contributed by atoms with Crippen LogP contribution >= 0.6 is 0 Å². The minimum atomic E-state index is -1.31. The van der Waals surface area contributed by atoms with E-state index in [1.54, 1.807) is 6.92 Å². The van der Waals surface area contributed by atoms with Gasteiger partial charge in [0.2, 0.25) is 0 Å². The van der Waals surface area contributed by atoms with Gasteiger partial charge in [-0.3, -0.25) is 4.79 Å². The molecule has 0 saturated heterocycles. The van der Waals surface area contributed by atoms with E-state index >= 15 is 0 Å². The molecule has 0 spiro atoms. The van der Waals surface area contributed by atoms with Gasteiger partial charge >= 0.3 is 5.97 Å². The minimum absolute atomic E-state index is 0.316. The SMILES string of the molecule is CC(C(=O)O)C(O)(Cc1ccccc1)Cc1ccccc1. The quantitative estimate of drug-likeness (QED) is 0.857. The molecule has 0 aliphatic heterocycles. The number of aliphatic hydroxyl groups is 1. The highest BCUT2D eigenvalue weighted by Crippen LogP contribution is 2.27. The maximum absolute atomic E-state index is 11.4. The van der Waals surface area contributed by atoms with Crippen LogP contribution < -0.4 is 0 Å². The van der Waals surface area contributed by atoms with E-state index < -0.39 is 17.5 Å². The Bertz CT molecular complexity index is 536. The molecule has 1 unspecified atom stereocenters. The second-order valence-electron chi connectivity index (χ2n) is 5.49. The fourth-order valence-corrected chi connectivity index (χ4v) is 2.50. The van der Waals surface area contributed by atoms with Gasteiger partial charge in [-0.05, 0) is 18.1 Å². The van der Waals surface area contributed by atoms with E-state index in [0.717, 1.165) is 11.1 Å². The molecule has 3 heteroatoms. The van der Waals surface area contributed by atoms with Crippen LogP contribution in [-0.4, -0.2) is 21.8 Å². The Morgan fingerprint density at radius 1 is 0.952 bits per heavy atom. The van der Waals surface area contributed by atoms with Gasteiger partial charge in [-0.25, -0.2) is 0 Å². The largest absolute Gasteiger partial charge is 0.481 e. The maximum Gasteiger partial charge on any atom is 0.309 e. The second-order valence-corrected chi connectivity index (χ2v) is 5.49. The molecule has 2 aromatic carbocycles. The molecule has 2 aromatic rings. The topological polar surface area (TPSA) is 57.5 Å². The summed E-state index contributed by atoms with van der Waals surface area (Å²) in [5, 5.41) is 20.3. The average molecular weight is 284 g/mol. The van der Waals surface area contributed by atoms with Crippen LogP contribution in [0.2, 0.25) is 0 Å². The van der Waals surface area contributed by atoms with Crippen molar-refractivity contribution in [1.29, 1.82) is 0 Å². The Morgan fingerprint density at radius 2 is 1.33 bits per heavy atom. The zero-order chi connectivity index (χ0) is 15.3. The molecule has 110 valence electrons. The third-order valence-electron chi connectivity index (χ3n) is 3.88. The highest BCUT2D eigenvalue weighted by atomic mass is 16.4. The van der Waals surface area contributed by atoms with Crippen LogP contribution in [-0.2, 0) is 17.6 Å². The summed E-state index contributed by atoms with van der Waals surface area (Å²) in [5.74, 6) is -1.83. The van der Waals surface area contributed by atoms with Crippen LogP contribution in [0.25, 0.3) is 0 Å². The zero-order valence-electron chi connectivity index (χ0n) is 12.1. The Balaban J connectivity index is 2.28. The molecule has 3 nitrogen and oxygen atoms in total. The van der Waals surface area contributed by atoms with Gasteiger partial charge < -0.3 is 10.2 Å². The molecule has 2 rings (SSSR count). The Kier molecular flexibility index (Phi) is 4.76. The predicted octanol–water partition coefficient (Wildman–Crippen LogP) is 2.92. The van der Waals surface area contributed by atoms with Crippen LogP contribution in [0, 0.1) is 5.92 Å². The standard InChI is InChI=1S/C18H20O3/c1-14(17(19)20)18(21,12-15-8-4-2-5-9-15)13-16-10-6-3-7-11-16/h2-11,14,21H,12-13H2,1H3,(H,19,20). The van der Waals surface area contributed by atoms with Gasteiger partial charge in [0.25, 0.3) is 0 Å². The predicted molar refractivity (Wildman–Crippen MR) is 82.0 cm³/mol. The van der Waals surface area contributed by atoms with Crippen LogP contribution in [0.1, 0.15) is 18.1 Å². The number of carbonyl (C=O) groups is 1. The van der Waals surface area contributed by atoms with E-state index in [4.69, 9.17) is 0 Å². The summed E-state index contributed by atoms with van der Waals surface area (Å²) < 4.78 is 0. The summed E-state index contributed by atoms with van der Waals surface area (Å²) in [6, 6.07) is 19.0. The molecule has 0 aliphatic rings. The molecule has 1 atom stereocenters. The monoisotopic (exact) mass is 284 g/mol. The van der Waals surface area contributed by atoms with Gasteiger partial charge in [-0.15, -0.1) is 0 Å². The van der Waals surface area contributed by atoms with E-state index in [0.29, 0.717) is 12.8 Å². The van der Waals surface area contributed by atoms with Crippen molar-refractivity contribution >= 4 is 5.97 Å². The molecular weight excluding hydrogens is 264 g/mol. The maximum atomic E-state index is 11.4. The number of hydrogen-bond acceptors (Lipinski definition) is 2. The summed E-state index contributed by atoms with van der Waals surface area (Å²) in [6.45, 7) is 1.56. The third-order valence-corrected chi connectivity index (χ3v) is 3.88. The molecule has 0 amide bonds. The third kappa shape index (κ3) is 3.92. The Labute approximate surface area is 124 Å². The van der Waals surface area contributed by atoms with Crippen molar-refractivity contribution < 1.29 is 15.0 Å². The lowest BCUT2D eigenvalue weighted by Gasteiger charge is -2.32. The Hall–Kier alpha value is -2.13. The first-order valence-corrected chi connectivity index (χ1v) is 7.04. The average Bonchev–Trinajstić information content (AvgIpc) is 2.48. The van der Waals surface area contributed by atoms with Crippen molar-refractivity contribution in [3.8, 4) is 0 Å². The van der Waals surface area contributed by atoms with Gasteiger partial charge in [0.1, 0.15) is 0 Å². The minimum Gasteiger partial charge on any atom is -0.481 e. The molecule has 0 fully saturated rings. The normalized spacial score (nSPS) is 12.9. The van der Waals surface area contributed by atoms with Gasteiger partial charge in [0.05, 0.1) is 11.5 Å². The molecule has 0 aliphatic carbocycles. The molecule has 0 saturated carbocycles. The Morgan fingerprint density at radius 3 is 1.67 bits per heavy atom. The first kappa shape index (κ1) is 15.3. The zero-order valence-corrected chi connectivity index (χ0v) is 12.1. The first-order valence-electron chi connectivity index (χ1n) is 7.04. The van der Waals surface area contributed by atoms with E-state index in [9.17, 15) is 15.0 Å². The number of hydrogen-bond donors (Lipinski definition) is 2. The van der Waals surface area contributed by atoms with Crippen molar-refractivity contribution in [2.24, 2.45) is 5.92 Å². The number of rotatable bonds is 6. The highest BCUT2D eigenvalue weighted by Gasteiger charge is 2.38. The smallest absolute Gasteiger partial charge is 0.309 e. The van der Waals surface area contributed by atoms with Crippen LogP contribution in [0.15, 0.2) is 60.7 Å². The molecule has 0 heterocycles. The van der Waals surface area contributed by atoms with Gasteiger partial charge in [-0.1, -0.05) is 60.7 Å². The van der Waals surface area contributed by atoms with Crippen LogP contribution in [0.4, 0.5) is 0 Å². The number of benzene rings is 2. The number of carboxylic acid groups (broad SMARTS) is 1. The summed E-state index contributed by atoms with van der Waals surface area (Å²) >= 11 is 0. The lowest BCUT2D eigenvalue weighted by Crippen LogP contribution is -2.44. The van der Waals surface area contributed by atoms with Crippen molar-refractivity contribution in [1.82, 2.24) is 0 Å². The van der Waals surface area contributed by atoms with Gasteiger partial charge in [0.15, 0.2) is 0 Å². The van der Waals surface area contributed by atoms with Crippen LogP contribution in [0.3, 0.4) is 0 Å². The molecule has 0 radical (unpaired) electrons. The van der Waals surface area contributed by atoms with E-state index in [1.165, 1.54) is 0 Å².